The second kappa shape index (κ2) is 2.47. The van der Waals surface area contributed by atoms with Crippen LogP contribution in [0, 0.1) is 11.3 Å². The Morgan fingerprint density at radius 3 is 2.33 bits per heavy atom. The van der Waals surface area contributed by atoms with E-state index in [0.29, 0.717) is 0 Å². The van der Waals surface area contributed by atoms with E-state index in [1.54, 1.807) is 0 Å². The van der Waals surface area contributed by atoms with Gasteiger partial charge in [-0.05, 0) is 37.0 Å². The zero-order chi connectivity index (χ0) is 8.02. The van der Waals surface area contributed by atoms with Gasteiger partial charge in [0.15, 0.2) is 0 Å². The van der Waals surface area contributed by atoms with E-state index in [1.807, 2.05) is 0 Å². The highest BCUT2D eigenvalue weighted by Gasteiger charge is 2.45. The Morgan fingerprint density at radius 2 is 1.75 bits per heavy atom. The minimum Gasteiger partial charge on any atom is -0.302 e. The number of nitrogens with zero attached hydrogens (tertiary/aromatic N) is 1. The number of hydrogen-bond acceptors (Lipinski definition) is 1. The fourth-order valence-electron chi connectivity index (χ4n) is 3.14. The van der Waals surface area contributed by atoms with Gasteiger partial charge >= 0.3 is 0 Å². The summed E-state index contributed by atoms with van der Waals surface area (Å²) in [4.78, 5) is 2.70. The maximum absolute atomic E-state index is 2.70. The molecule has 2 aliphatic carbocycles. The highest BCUT2D eigenvalue weighted by atomic mass is 15.2. The molecule has 1 spiro atoms. The van der Waals surface area contributed by atoms with Crippen molar-refractivity contribution in [2.24, 2.45) is 11.3 Å². The van der Waals surface area contributed by atoms with Crippen molar-refractivity contribution in [3.05, 3.63) is 0 Å². The average Bonchev–Trinajstić information content (AvgIpc) is 2.64. The Balaban J connectivity index is 1.49. The Bertz CT molecular complexity index is 169. The van der Waals surface area contributed by atoms with Crippen molar-refractivity contribution in [2.75, 3.05) is 19.6 Å². The predicted octanol–water partition coefficient (Wildman–Crippen LogP) is 2.27. The summed E-state index contributed by atoms with van der Waals surface area (Å²) in [5.74, 6) is 1.10. The molecule has 0 atom stereocenters. The third-order valence-electron chi connectivity index (χ3n) is 4.00. The van der Waals surface area contributed by atoms with Crippen molar-refractivity contribution in [2.45, 2.75) is 38.5 Å². The van der Waals surface area contributed by atoms with E-state index >= 15 is 0 Å². The molecular formula is C11H19N. The molecule has 0 bridgehead atoms. The highest BCUT2D eigenvalue weighted by molar-refractivity contribution is 4.98. The molecule has 0 amide bonds. The van der Waals surface area contributed by atoms with Crippen molar-refractivity contribution in [1.29, 1.82) is 0 Å². The third kappa shape index (κ3) is 1.19. The van der Waals surface area contributed by atoms with Crippen molar-refractivity contribution in [1.82, 2.24) is 4.90 Å². The second-order valence-electron chi connectivity index (χ2n) is 5.32. The lowest BCUT2D eigenvalue weighted by Crippen LogP contribution is -2.55. The summed E-state index contributed by atoms with van der Waals surface area (Å²) in [5.41, 5.74) is 0.828. The van der Waals surface area contributed by atoms with Crippen LogP contribution < -0.4 is 0 Å². The molecule has 1 aliphatic heterocycles. The predicted molar refractivity (Wildman–Crippen MR) is 50.1 cm³/mol. The Kier molecular flexibility index (Phi) is 1.52. The molecule has 0 aromatic rings. The topological polar surface area (TPSA) is 3.24 Å². The quantitative estimate of drug-likeness (QED) is 0.606. The van der Waals surface area contributed by atoms with Crippen LogP contribution in [0.2, 0.25) is 0 Å². The van der Waals surface area contributed by atoms with E-state index in [2.05, 4.69) is 4.90 Å². The fraction of sp³-hybridized carbons (Fsp3) is 1.00. The van der Waals surface area contributed by atoms with Crippen LogP contribution in [0.4, 0.5) is 0 Å². The summed E-state index contributed by atoms with van der Waals surface area (Å²) in [6, 6.07) is 0. The van der Waals surface area contributed by atoms with Gasteiger partial charge < -0.3 is 4.90 Å². The molecular weight excluding hydrogens is 146 g/mol. The molecule has 1 heterocycles. The lowest BCUT2D eigenvalue weighted by atomic mass is 9.78. The first-order valence-electron chi connectivity index (χ1n) is 5.59. The van der Waals surface area contributed by atoms with Gasteiger partial charge in [-0.3, -0.25) is 0 Å². The van der Waals surface area contributed by atoms with Gasteiger partial charge in [-0.1, -0.05) is 12.8 Å². The van der Waals surface area contributed by atoms with Crippen LogP contribution in [0.15, 0.2) is 0 Å². The van der Waals surface area contributed by atoms with E-state index in [-0.39, 0.29) is 0 Å². The van der Waals surface area contributed by atoms with Crippen LogP contribution in [0.3, 0.4) is 0 Å². The van der Waals surface area contributed by atoms with Crippen LogP contribution in [-0.2, 0) is 0 Å². The molecule has 3 fully saturated rings. The molecule has 1 heteroatoms. The molecule has 0 aromatic carbocycles. The Morgan fingerprint density at radius 1 is 1.08 bits per heavy atom. The first-order valence-corrected chi connectivity index (χ1v) is 5.59. The molecule has 0 N–H and O–H groups in total. The summed E-state index contributed by atoms with van der Waals surface area (Å²) in [6.45, 7) is 4.33. The summed E-state index contributed by atoms with van der Waals surface area (Å²) < 4.78 is 0. The largest absolute Gasteiger partial charge is 0.302 e. The van der Waals surface area contributed by atoms with Crippen molar-refractivity contribution in [3.8, 4) is 0 Å². The van der Waals surface area contributed by atoms with Gasteiger partial charge in [0.2, 0.25) is 0 Å². The molecule has 12 heavy (non-hydrogen) atoms. The van der Waals surface area contributed by atoms with Crippen LogP contribution >= 0.6 is 0 Å². The van der Waals surface area contributed by atoms with Gasteiger partial charge in [0.25, 0.3) is 0 Å². The number of rotatable bonds is 2. The first-order chi connectivity index (χ1) is 5.86. The van der Waals surface area contributed by atoms with E-state index in [4.69, 9.17) is 0 Å². The van der Waals surface area contributed by atoms with E-state index < -0.39 is 0 Å². The lowest BCUT2D eigenvalue weighted by molar-refractivity contribution is 0.00298. The SMILES string of the molecule is C1CCC2(C1)CN(CC1CC1)C2. The molecule has 68 valence electrons. The minimum atomic E-state index is 0.828. The second-order valence-corrected chi connectivity index (χ2v) is 5.32. The maximum Gasteiger partial charge on any atom is 0.00506 e. The molecule has 2 saturated carbocycles. The number of likely N-dealkylation sites (tertiary alicyclic amines) is 1. The third-order valence-corrected chi connectivity index (χ3v) is 4.00. The monoisotopic (exact) mass is 165 g/mol. The molecule has 1 nitrogen and oxygen atoms in total. The van der Waals surface area contributed by atoms with Crippen LogP contribution in [-0.4, -0.2) is 24.5 Å². The maximum atomic E-state index is 2.70. The summed E-state index contributed by atoms with van der Waals surface area (Å²) in [7, 11) is 0. The summed E-state index contributed by atoms with van der Waals surface area (Å²) in [6.07, 6.45) is 9.13. The zero-order valence-corrected chi connectivity index (χ0v) is 7.89. The first kappa shape index (κ1) is 7.37. The van der Waals surface area contributed by atoms with Gasteiger partial charge in [0, 0.05) is 19.6 Å². The molecule has 3 rings (SSSR count). The standard InChI is InChI=1S/C11H19N/c1-2-6-11(5-1)8-12(9-11)7-10-3-4-10/h10H,1-9H2. The molecule has 0 aromatic heterocycles. The smallest absolute Gasteiger partial charge is 0.00506 e. The normalized spacial score (nSPS) is 34.0. The van der Waals surface area contributed by atoms with Gasteiger partial charge in [-0.2, -0.15) is 0 Å². The number of hydrogen-bond donors (Lipinski definition) is 0. The van der Waals surface area contributed by atoms with Gasteiger partial charge in [-0.15, -0.1) is 0 Å². The van der Waals surface area contributed by atoms with E-state index in [9.17, 15) is 0 Å². The summed E-state index contributed by atoms with van der Waals surface area (Å²) in [5, 5.41) is 0. The van der Waals surface area contributed by atoms with Crippen LogP contribution in [0.5, 0.6) is 0 Å². The van der Waals surface area contributed by atoms with Gasteiger partial charge in [0.1, 0.15) is 0 Å². The lowest BCUT2D eigenvalue weighted by Gasteiger charge is -2.48. The van der Waals surface area contributed by atoms with Crippen LogP contribution in [0.1, 0.15) is 38.5 Å². The zero-order valence-electron chi connectivity index (χ0n) is 7.89. The van der Waals surface area contributed by atoms with Gasteiger partial charge in [-0.25, -0.2) is 0 Å². The fourth-order valence-corrected chi connectivity index (χ4v) is 3.14. The Labute approximate surface area is 75.1 Å². The summed E-state index contributed by atoms with van der Waals surface area (Å²) >= 11 is 0. The molecule has 1 saturated heterocycles. The average molecular weight is 165 g/mol. The minimum absolute atomic E-state index is 0.828. The van der Waals surface area contributed by atoms with Gasteiger partial charge in [0.05, 0.1) is 0 Å². The van der Waals surface area contributed by atoms with Crippen molar-refractivity contribution in [3.63, 3.8) is 0 Å². The molecule has 0 unspecified atom stereocenters. The molecule has 0 radical (unpaired) electrons. The van der Waals surface area contributed by atoms with Crippen LogP contribution in [0.25, 0.3) is 0 Å². The Hall–Kier alpha value is -0.0400. The highest BCUT2D eigenvalue weighted by Crippen LogP contribution is 2.46. The van der Waals surface area contributed by atoms with E-state index in [0.717, 1.165) is 11.3 Å². The van der Waals surface area contributed by atoms with Crippen molar-refractivity contribution >= 4 is 0 Å². The van der Waals surface area contributed by atoms with E-state index in [1.165, 1.54) is 58.2 Å². The molecule has 3 aliphatic rings. The van der Waals surface area contributed by atoms with Crippen molar-refractivity contribution < 1.29 is 0 Å².